The Balaban J connectivity index is 1.53. The predicted molar refractivity (Wildman–Crippen MR) is 135 cm³/mol. The first-order chi connectivity index (χ1) is 18.1. The molecule has 1 N–H and O–H groups in total. The summed E-state index contributed by atoms with van der Waals surface area (Å²) in [6, 6.07) is 5.79. The quantitative estimate of drug-likeness (QED) is 0.417. The number of hydrogen-bond donors (Lipinski definition) is 1. The van der Waals surface area contributed by atoms with E-state index in [1.165, 1.54) is 12.1 Å². The van der Waals surface area contributed by atoms with Crippen molar-refractivity contribution < 1.29 is 27.4 Å². The van der Waals surface area contributed by atoms with Gasteiger partial charge in [-0.25, -0.2) is 4.79 Å². The Labute approximate surface area is 219 Å². The van der Waals surface area contributed by atoms with E-state index in [0.29, 0.717) is 11.8 Å². The molecule has 0 bridgehead atoms. The van der Waals surface area contributed by atoms with Gasteiger partial charge in [0.1, 0.15) is 21.6 Å². The van der Waals surface area contributed by atoms with E-state index in [1.54, 1.807) is 17.7 Å². The van der Waals surface area contributed by atoms with Gasteiger partial charge in [0.2, 0.25) is 0 Å². The Morgan fingerprint density at radius 3 is 2.63 bits per heavy atom. The Morgan fingerprint density at radius 1 is 1.16 bits per heavy atom. The number of benzene rings is 1. The second-order valence-electron chi connectivity index (χ2n) is 10.0. The number of nitrogens with zero attached hydrogens (tertiary/aromatic N) is 1. The fourth-order valence-electron chi connectivity index (χ4n) is 6.34. The average molecular weight is 544 g/mol. The molecule has 1 aromatic carbocycles. The Hall–Kier alpha value is -3.40. The Morgan fingerprint density at radius 2 is 1.92 bits per heavy atom. The average Bonchev–Trinajstić information content (AvgIpc) is 3.15. The molecule has 1 fully saturated rings. The van der Waals surface area contributed by atoms with Crippen LogP contribution in [0.4, 0.5) is 13.2 Å². The van der Waals surface area contributed by atoms with E-state index in [0.717, 1.165) is 55.7 Å². The zero-order chi connectivity index (χ0) is 26.8. The first-order valence-corrected chi connectivity index (χ1v) is 13.2. The highest BCUT2D eigenvalue weighted by Gasteiger charge is 2.52. The largest absolute Gasteiger partial charge is 0.505 e. The van der Waals surface area contributed by atoms with Gasteiger partial charge >= 0.3 is 11.8 Å². The number of fused-ring (bicyclic) bond motifs is 6. The van der Waals surface area contributed by atoms with Crippen LogP contribution in [0.15, 0.2) is 78.1 Å². The van der Waals surface area contributed by atoms with Crippen molar-refractivity contribution in [2.45, 2.75) is 59.5 Å². The number of hydrogen-bond acceptors (Lipinski definition) is 6. The Bertz CT molecular complexity index is 1630. The molecular formula is C28H24F3NO5S. The van der Waals surface area contributed by atoms with Gasteiger partial charge in [-0.1, -0.05) is 43.2 Å². The summed E-state index contributed by atoms with van der Waals surface area (Å²) in [6.45, 7) is 0. The van der Waals surface area contributed by atoms with Crippen molar-refractivity contribution in [3.05, 3.63) is 86.4 Å². The minimum absolute atomic E-state index is 0.0272. The van der Waals surface area contributed by atoms with E-state index in [2.05, 4.69) is 6.08 Å². The van der Waals surface area contributed by atoms with Crippen LogP contribution in [0, 0.1) is 5.92 Å². The fourth-order valence-corrected chi connectivity index (χ4v) is 7.23. The van der Waals surface area contributed by atoms with Crippen LogP contribution in [0.2, 0.25) is 0 Å². The molecule has 1 aliphatic heterocycles. The highest BCUT2D eigenvalue weighted by Crippen LogP contribution is 2.56. The normalized spacial score (nSPS) is 21.8. The van der Waals surface area contributed by atoms with Crippen molar-refractivity contribution in [3.63, 3.8) is 0 Å². The minimum atomic E-state index is -4.57. The van der Waals surface area contributed by atoms with E-state index < -0.39 is 28.7 Å². The summed E-state index contributed by atoms with van der Waals surface area (Å²) in [7, 11) is 1.60. The highest BCUT2D eigenvalue weighted by atomic mass is 32.2. The second-order valence-corrected chi connectivity index (χ2v) is 11.1. The molecule has 2 atom stereocenters. The maximum Gasteiger partial charge on any atom is 0.416 e. The minimum Gasteiger partial charge on any atom is -0.505 e. The van der Waals surface area contributed by atoms with Crippen LogP contribution in [-0.2, 0) is 16.3 Å². The molecular weight excluding hydrogens is 519 g/mol. The summed E-state index contributed by atoms with van der Waals surface area (Å²) >= 11 is 0.631. The summed E-state index contributed by atoms with van der Waals surface area (Å²) in [5.41, 5.74) is -1.91. The van der Waals surface area contributed by atoms with Crippen molar-refractivity contribution in [2.24, 2.45) is 5.92 Å². The molecule has 2 aromatic heterocycles. The van der Waals surface area contributed by atoms with Crippen LogP contribution in [0.5, 0.6) is 5.75 Å². The van der Waals surface area contributed by atoms with Crippen LogP contribution in [0.1, 0.15) is 49.4 Å². The lowest BCUT2D eigenvalue weighted by Crippen LogP contribution is -2.34. The van der Waals surface area contributed by atoms with Gasteiger partial charge in [-0.2, -0.15) is 13.2 Å². The monoisotopic (exact) mass is 543 g/mol. The molecule has 38 heavy (non-hydrogen) atoms. The number of allylic oxidation sites excluding steroid dienone is 3. The molecule has 6 rings (SSSR count). The number of aromatic hydroxyl groups is 1. The van der Waals surface area contributed by atoms with Crippen LogP contribution in [0.25, 0.3) is 11.0 Å². The zero-order valence-electron chi connectivity index (χ0n) is 20.4. The van der Waals surface area contributed by atoms with E-state index in [1.807, 2.05) is 12.2 Å². The topological polar surface area (TPSA) is 81.7 Å². The maximum absolute atomic E-state index is 14.0. The van der Waals surface area contributed by atoms with Gasteiger partial charge in [0.25, 0.3) is 5.56 Å². The SMILES string of the molecule is COC1=CC2C(C=C1)n1c(cc3oc(=O)c(Sc4cccc(C(F)(F)F)c4)c(O)c3c1=O)C21CCCCC1. The summed E-state index contributed by atoms with van der Waals surface area (Å²) in [5.74, 6) is 0.0869. The van der Waals surface area contributed by atoms with Crippen molar-refractivity contribution in [2.75, 3.05) is 7.11 Å². The smallest absolute Gasteiger partial charge is 0.416 e. The molecule has 2 aliphatic carbocycles. The molecule has 10 heteroatoms. The first kappa shape index (κ1) is 24.9. The number of methoxy groups -OCH3 is 1. The molecule has 1 spiro atoms. The van der Waals surface area contributed by atoms with Crippen LogP contribution in [-0.4, -0.2) is 16.8 Å². The van der Waals surface area contributed by atoms with E-state index >= 15 is 0 Å². The third-order valence-electron chi connectivity index (χ3n) is 8.02. The van der Waals surface area contributed by atoms with Crippen molar-refractivity contribution in [3.8, 4) is 5.75 Å². The first-order valence-electron chi connectivity index (χ1n) is 12.4. The third-order valence-corrected chi connectivity index (χ3v) is 9.08. The molecule has 198 valence electrons. The van der Waals surface area contributed by atoms with Crippen LogP contribution >= 0.6 is 11.8 Å². The third kappa shape index (κ3) is 3.72. The number of pyridine rings is 1. The second kappa shape index (κ2) is 8.83. The van der Waals surface area contributed by atoms with E-state index in [4.69, 9.17) is 9.15 Å². The van der Waals surface area contributed by atoms with Gasteiger partial charge in [-0.05, 0) is 43.2 Å². The van der Waals surface area contributed by atoms with Crippen molar-refractivity contribution in [1.29, 1.82) is 0 Å². The molecule has 3 aliphatic rings. The molecule has 0 amide bonds. The van der Waals surface area contributed by atoms with Crippen molar-refractivity contribution >= 4 is 22.7 Å². The van der Waals surface area contributed by atoms with E-state index in [-0.39, 0.29) is 38.1 Å². The van der Waals surface area contributed by atoms with Crippen molar-refractivity contribution in [1.82, 2.24) is 4.57 Å². The molecule has 0 radical (unpaired) electrons. The van der Waals surface area contributed by atoms with Crippen LogP contribution < -0.4 is 11.2 Å². The molecule has 3 aromatic rings. The lowest BCUT2D eigenvalue weighted by Gasteiger charge is -2.39. The molecule has 2 unspecified atom stereocenters. The fraction of sp³-hybridized carbons (Fsp3) is 0.357. The molecule has 1 saturated carbocycles. The summed E-state index contributed by atoms with van der Waals surface area (Å²) < 4.78 is 52.3. The number of aromatic nitrogens is 1. The molecule has 3 heterocycles. The molecule has 0 saturated heterocycles. The van der Waals surface area contributed by atoms with E-state index in [9.17, 15) is 27.9 Å². The van der Waals surface area contributed by atoms with Crippen LogP contribution in [0.3, 0.4) is 0 Å². The van der Waals surface area contributed by atoms with Gasteiger partial charge in [0.15, 0.2) is 5.75 Å². The molecule has 6 nitrogen and oxygen atoms in total. The number of halogens is 3. The number of ether oxygens (including phenoxy) is 1. The number of alkyl halides is 3. The maximum atomic E-state index is 14.0. The highest BCUT2D eigenvalue weighted by molar-refractivity contribution is 7.99. The lowest BCUT2D eigenvalue weighted by atomic mass is 9.63. The predicted octanol–water partition coefficient (Wildman–Crippen LogP) is 6.30. The summed E-state index contributed by atoms with van der Waals surface area (Å²) in [6.07, 6.45) is 6.05. The summed E-state index contributed by atoms with van der Waals surface area (Å²) in [4.78, 5) is 26.7. The van der Waals surface area contributed by atoms with Gasteiger partial charge in [0.05, 0.1) is 18.7 Å². The summed E-state index contributed by atoms with van der Waals surface area (Å²) in [5, 5.41) is 11.0. The lowest BCUT2D eigenvalue weighted by molar-refractivity contribution is -0.137. The Kier molecular flexibility index (Phi) is 5.79. The van der Waals surface area contributed by atoms with Gasteiger partial charge in [-0.15, -0.1) is 0 Å². The van der Waals surface area contributed by atoms with Gasteiger partial charge in [0, 0.05) is 28.0 Å². The standard InChI is InChI=1S/C28H24F3NO5S/c1-36-16-8-9-19-18(13-16)27(10-3-2-4-11-27)21-14-20-22(25(34)32(19)21)23(33)24(26(35)37-20)38-17-7-5-6-15(12-17)28(29,30)31/h5-9,12-14,18-19,33H,2-4,10-11H2,1H3. The zero-order valence-corrected chi connectivity index (χ0v) is 21.2. The van der Waals surface area contributed by atoms with Gasteiger partial charge in [-0.3, -0.25) is 4.79 Å². The van der Waals surface area contributed by atoms with Gasteiger partial charge < -0.3 is 18.8 Å². The number of rotatable bonds is 3.